The van der Waals surface area contributed by atoms with Gasteiger partial charge in [0.05, 0.1) is 24.5 Å². The fraction of sp³-hybridized carbons (Fsp3) is 0.619. The summed E-state index contributed by atoms with van der Waals surface area (Å²) in [5.41, 5.74) is 5.70. The van der Waals surface area contributed by atoms with E-state index in [2.05, 4.69) is 5.32 Å². The Hall–Kier alpha value is -1.79. The van der Waals surface area contributed by atoms with E-state index < -0.39 is 0 Å². The monoisotopic (exact) mass is 409 g/mol. The van der Waals surface area contributed by atoms with E-state index in [0.717, 1.165) is 50.8 Å². The molecule has 1 aliphatic carbocycles. The molecule has 0 aromatic heterocycles. The molecule has 3 N–H and O–H groups in total. The van der Waals surface area contributed by atoms with Crippen LogP contribution in [0.15, 0.2) is 30.3 Å². The summed E-state index contributed by atoms with van der Waals surface area (Å²) in [6.07, 6.45) is 6.18. The predicted molar refractivity (Wildman–Crippen MR) is 112 cm³/mol. The predicted octanol–water partition coefficient (Wildman–Crippen LogP) is 2.50. The molecule has 1 saturated carbocycles. The SMILES string of the molecule is Cl.NCC1(NC(=O)C2CCCN(C(=O)CCOc3ccccc3)C2)CCCC1. The molecule has 156 valence electrons. The molecule has 6 nitrogen and oxygen atoms in total. The third-order valence-corrected chi connectivity index (χ3v) is 5.81. The van der Waals surface area contributed by atoms with Crippen LogP contribution in [0.1, 0.15) is 44.9 Å². The maximum absolute atomic E-state index is 12.8. The third kappa shape index (κ3) is 5.85. The van der Waals surface area contributed by atoms with Gasteiger partial charge in [-0.25, -0.2) is 0 Å². The van der Waals surface area contributed by atoms with Gasteiger partial charge in [0.15, 0.2) is 0 Å². The first-order valence-corrected chi connectivity index (χ1v) is 10.1. The smallest absolute Gasteiger partial charge is 0.226 e. The van der Waals surface area contributed by atoms with Crippen LogP contribution in [0.4, 0.5) is 0 Å². The summed E-state index contributed by atoms with van der Waals surface area (Å²) in [6, 6.07) is 9.49. The lowest BCUT2D eigenvalue weighted by Crippen LogP contribution is -2.55. The van der Waals surface area contributed by atoms with Crippen molar-refractivity contribution in [2.24, 2.45) is 11.7 Å². The van der Waals surface area contributed by atoms with E-state index >= 15 is 0 Å². The van der Waals surface area contributed by atoms with Crippen molar-refractivity contribution in [3.63, 3.8) is 0 Å². The Morgan fingerprint density at radius 2 is 1.89 bits per heavy atom. The van der Waals surface area contributed by atoms with Crippen molar-refractivity contribution in [3.05, 3.63) is 30.3 Å². The summed E-state index contributed by atoms with van der Waals surface area (Å²) in [7, 11) is 0. The molecule has 1 saturated heterocycles. The number of nitrogens with two attached hydrogens (primary N) is 1. The number of hydrogen-bond donors (Lipinski definition) is 2. The molecule has 28 heavy (non-hydrogen) atoms. The molecule has 7 heteroatoms. The van der Waals surface area contributed by atoms with Gasteiger partial charge in [0.2, 0.25) is 11.8 Å². The van der Waals surface area contributed by atoms with E-state index in [-0.39, 0.29) is 35.7 Å². The zero-order valence-corrected chi connectivity index (χ0v) is 17.2. The minimum Gasteiger partial charge on any atom is -0.493 e. The minimum absolute atomic E-state index is 0. The number of likely N-dealkylation sites (tertiary alicyclic amines) is 1. The number of benzene rings is 1. The molecule has 1 aromatic rings. The maximum Gasteiger partial charge on any atom is 0.226 e. The van der Waals surface area contributed by atoms with Crippen LogP contribution in [-0.2, 0) is 9.59 Å². The van der Waals surface area contributed by atoms with Crippen LogP contribution in [0, 0.1) is 5.92 Å². The highest BCUT2D eigenvalue weighted by Gasteiger charge is 2.37. The molecular weight excluding hydrogens is 378 g/mol. The van der Waals surface area contributed by atoms with Gasteiger partial charge < -0.3 is 20.7 Å². The van der Waals surface area contributed by atoms with Crippen LogP contribution in [0.5, 0.6) is 5.75 Å². The maximum atomic E-state index is 12.8. The lowest BCUT2D eigenvalue weighted by molar-refractivity contribution is -0.136. The molecule has 2 aliphatic rings. The number of rotatable bonds is 7. The van der Waals surface area contributed by atoms with Crippen LogP contribution >= 0.6 is 12.4 Å². The number of amides is 2. The van der Waals surface area contributed by atoms with Gasteiger partial charge >= 0.3 is 0 Å². The normalized spacial score (nSPS) is 20.9. The summed E-state index contributed by atoms with van der Waals surface area (Å²) in [5, 5.41) is 3.21. The van der Waals surface area contributed by atoms with Crippen molar-refractivity contribution in [2.45, 2.75) is 50.5 Å². The summed E-state index contributed by atoms with van der Waals surface area (Å²) in [4.78, 5) is 27.1. The number of nitrogens with zero attached hydrogens (tertiary/aromatic N) is 1. The molecule has 2 fully saturated rings. The molecule has 1 atom stereocenters. The molecule has 1 aromatic carbocycles. The molecule has 0 spiro atoms. The molecule has 1 unspecified atom stereocenters. The van der Waals surface area contributed by atoms with Gasteiger partial charge in [-0.1, -0.05) is 31.0 Å². The second-order valence-corrected chi connectivity index (χ2v) is 7.77. The Bertz CT molecular complexity index is 635. The molecule has 1 heterocycles. The van der Waals surface area contributed by atoms with Crippen LogP contribution in [0.25, 0.3) is 0 Å². The Balaban J connectivity index is 0.00000280. The van der Waals surface area contributed by atoms with Gasteiger partial charge in [0.25, 0.3) is 0 Å². The summed E-state index contributed by atoms with van der Waals surface area (Å²) in [5.74, 6) is 0.741. The Morgan fingerprint density at radius 3 is 2.57 bits per heavy atom. The van der Waals surface area contributed by atoms with Crippen LogP contribution in [-0.4, -0.2) is 48.5 Å². The number of carbonyl (C=O) groups excluding carboxylic acids is 2. The average Bonchev–Trinajstić information content (AvgIpc) is 3.18. The Labute approximate surface area is 173 Å². The molecular formula is C21H32ClN3O3. The third-order valence-electron chi connectivity index (χ3n) is 5.81. The largest absolute Gasteiger partial charge is 0.493 e. The zero-order chi connectivity index (χ0) is 19.1. The highest BCUT2D eigenvalue weighted by Crippen LogP contribution is 2.29. The minimum atomic E-state index is -0.229. The van der Waals surface area contributed by atoms with Gasteiger partial charge in [-0.3, -0.25) is 9.59 Å². The fourth-order valence-corrected chi connectivity index (χ4v) is 4.14. The summed E-state index contributed by atoms with van der Waals surface area (Å²) in [6.45, 7) is 2.06. The van der Waals surface area contributed by atoms with Gasteiger partial charge in [0, 0.05) is 19.6 Å². The van der Waals surface area contributed by atoms with Crippen molar-refractivity contribution in [2.75, 3.05) is 26.2 Å². The van der Waals surface area contributed by atoms with Crippen LogP contribution < -0.4 is 15.8 Å². The first-order chi connectivity index (χ1) is 13.1. The van der Waals surface area contributed by atoms with Crippen LogP contribution in [0.3, 0.4) is 0 Å². The Morgan fingerprint density at radius 1 is 1.18 bits per heavy atom. The van der Waals surface area contributed by atoms with Gasteiger partial charge in [-0.05, 0) is 37.8 Å². The molecule has 3 rings (SSSR count). The van der Waals surface area contributed by atoms with E-state index in [1.165, 1.54) is 0 Å². The van der Waals surface area contributed by atoms with Crippen LogP contribution in [0.2, 0.25) is 0 Å². The lowest BCUT2D eigenvalue weighted by atomic mass is 9.92. The average molecular weight is 410 g/mol. The zero-order valence-electron chi connectivity index (χ0n) is 16.4. The van der Waals surface area contributed by atoms with Gasteiger partial charge in [0.1, 0.15) is 5.75 Å². The number of ether oxygens (including phenoxy) is 1. The number of hydrogen-bond acceptors (Lipinski definition) is 4. The first kappa shape index (κ1) is 22.5. The van der Waals surface area contributed by atoms with Crippen molar-refractivity contribution < 1.29 is 14.3 Å². The van der Waals surface area contributed by atoms with Crippen molar-refractivity contribution >= 4 is 24.2 Å². The van der Waals surface area contributed by atoms with Crippen molar-refractivity contribution in [1.82, 2.24) is 10.2 Å². The van der Waals surface area contributed by atoms with E-state index in [4.69, 9.17) is 10.5 Å². The Kier molecular flexibility index (Phi) is 8.58. The van der Waals surface area contributed by atoms with Crippen molar-refractivity contribution in [3.8, 4) is 5.75 Å². The first-order valence-electron chi connectivity index (χ1n) is 10.1. The van der Waals surface area contributed by atoms with E-state index in [9.17, 15) is 9.59 Å². The summed E-state index contributed by atoms with van der Waals surface area (Å²) >= 11 is 0. The highest BCUT2D eigenvalue weighted by atomic mass is 35.5. The second kappa shape index (κ2) is 10.7. The molecule has 1 aliphatic heterocycles. The summed E-state index contributed by atoms with van der Waals surface area (Å²) < 4.78 is 5.62. The number of halogens is 1. The van der Waals surface area contributed by atoms with Gasteiger partial charge in [-0.15, -0.1) is 12.4 Å². The molecule has 0 radical (unpaired) electrons. The van der Waals surface area contributed by atoms with E-state index in [0.29, 0.717) is 26.1 Å². The number of carbonyl (C=O) groups is 2. The molecule has 0 bridgehead atoms. The van der Waals surface area contributed by atoms with Crippen molar-refractivity contribution in [1.29, 1.82) is 0 Å². The number of nitrogens with one attached hydrogen (secondary N) is 1. The topological polar surface area (TPSA) is 84.7 Å². The standard InChI is InChI=1S/C21H31N3O3.ClH/c22-16-21(11-4-5-12-21)23-20(26)17-7-6-13-24(15-17)19(25)10-14-27-18-8-2-1-3-9-18;/h1-3,8-9,17H,4-7,10-16,22H2,(H,23,26);1H. The highest BCUT2D eigenvalue weighted by molar-refractivity contribution is 5.85. The van der Waals surface area contributed by atoms with E-state index in [1.54, 1.807) is 0 Å². The number of piperidine rings is 1. The number of para-hydroxylation sites is 1. The van der Waals surface area contributed by atoms with Gasteiger partial charge in [-0.2, -0.15) is 0 Å². The lowest BCUT2D eigenvalue weighted by Gasteiger charge is -2.35. The second-order valence-electron chi connectivity index (χ2n) is 7.77. The van der Waals surface area contributed by atoms with E-state index in [1.807, 2.05) is 35.2 Å². The fourth-order valence-electron chi connectivity index (χ4n) is 4.14. The quantitative estimate of drug-likeness (QED) is 0.724. The molecule has 2 amide bonds.